The van der Waals surface area contributed by atoms with Crippen LogP contribution in [0.1, 0.15) is 18.0 Å². The number of aromatic nitrogens is 4. The highest BCUT2D eigenvalue weighted by Crippen LogP contribution is 2.47. The molecule has 0 bridgehead atoms. The fourth-order valence-electron chi connectivity index (χ4n) is 4.20. The number of aliphatic hydroxyl groups excluding tert-OH is 1. The van der Waals surface area contributed by atoms with Crippen molar-refractivity contribution < 1.29 is 9.94 Å². The van der Waals surface area contributed by atoms with Crippen LogP contribution in [0.15, 0.2) is 48.1 Å². The minimum atomic E-state index is -0.156. The van der Waals surface area contributed by atoms with Crippen molar-refractivity contribution in [1.82, 2.24) is 19.5 Å². The Kier molecular flexibility index (Phi) is 3.39. The van der Waals surface area contributed by atoms with E-state index in [4.69, 9.17) is 10.6 Å². The van der Waals surface area contributed by atoms with Crippen LogP contribution >= 0.6 is 0 Å². The second-order valence-corrected chi connectivity index (χ2v) is 6.77. The predicted octanol–water partition coefficient (Wildman–Crippen LogP) is 1.38. The van der Waals surface area contributed by atoms with Gasteiger partial charge < -0.3 is 20.2 Å². The molecule has 1 aliphatic heterocycles. The number of nitrogens with two attached hydrogens (primary N) is 1. The number of imidazole rings is 1. The summed E-state index contributed by atoms with van der Waals surface area (Å²) >= 11 is 0. The van der Waals surface area contributed by atoms with Gasteiger partial charge in [-0.1, -0.05) is 35.5 Å². The zero-order valence-electron chi connectivity index (χ0n) is 13.9. The summed E-state index contributed by atoms with van der Waals surface area (Å²) in [4.78, 5) is 18.5. The molecule has 4 atom stereocenters. The summed E-state index contributed by atoms with van der Waals surface area (Å²) in [5, 5.41) is 14.2. The Labute approximate surface area is 149 Å². The quantitative estimate of drug-likeness (QED) is 0.738. The third-order valence-electron chi connectivity index (χ3n) is 5.41. The summed E-state index contributed by atoms with van der Waals surface area (Å²) in [5.74, 6) is 0.386. The highest BCUT2D eigenvalue weighted by atomic mass is 16.6. The van der Waals surface area contributed by atoms with E-state index in [1.54, 1.807) is 6.33 Å². The number of nitrogen functional groups attached to an aromatic ring is 1. The zero-order valence-corrected chi connectivity index (χ0v) is 13.9. The first-order chi connectivity index (χ1) is 12.8. The summed E-state index contributed by atoms with van der Waals surface area (Å²) in [6.07, 6.45) is 3.80. The van der Waals surface area contributed by atoms with Gasteiger partial charge in [-0.2, -0.15) is 0 Å². The molecule has 3 heterocycles. The third-order valence-corrected chi connectivity index (χ3v) is 5.41. The molecule has 0 amide bonds. The van der Waals surface area contributed by atoms with Crippen molar-refractivity contribution in [3.05, 3.63) is 48.5 Å². The van der Waals surface area contributed by atoms with E-state index in [0.717, 1.165) is 17.7 Å². The first-order valence-electron chi connectivity index (χ1n) is 8.61. The molecule has 26 heavy (non-hydrogen) atoms. The summed E-state index contributed by atoms with van der Waals surface area (Å²) in [6, 6.07) is 10.0. The number of hydrogen-bond acceptors (Lipinski definition) is 7. The lowest BCUT2D eigenvalue weighted by molar-refractivity contribution is 0.0206. The van der Waals surface area contributed by atoms with Crippen LogP contribution in [0.25, 0.3) is 11.2 Å². The molecule has 3 aromatic rings. The van der Waals surface area contributed by atoms with Gasteiger partial charge in [0, 0.05) is 18.6 Å². The molecule has 2 aliphatic rings. The van der Waals surface area contributed by atoms with Gasteiger partial charge in [0.2, 0.25) is 0 Å². The zero-order chi connectivity index (χ0) is 17.7. The Morgan fingerprint density at radius 2 is 2.04 bits per heavy atom. The minimum Gasteiger partial charge on any atom is -0.396 e. The van der Waals surface area contributed by atoms with Gasteiger partial charge in [0.05, 0.1) is 18.0 Å². The maximum absolute atomic E-state index is 9.84. The Morgan fingerprint density at radius 1 is 1.19 bits per heavy atom. The molecule has 0 spiro atoms. The number of benzene rings is 1. The highest BCUT2D eigenvalue weighted by Gasteiger charge is 2.52. The van der Waals surface area contributed by atoms with Gasteiger partial charge in [0.1, 0.15) is 17.9 Å². The maximum atomic E-state index is 9.84. The van der Waals surface area contributed by atoms with Crippen molar-refractivity contribution in [1.29, 1.82) is 0 Å². The summed E-state index contributed by atoms with van der Waals surface area (Å²) < 4.78 is 2.02. The first kappa shape index (κ1) is 15.3. The Balaban J connectivity index is 1.61. The molecule has 2 aromatic heterocycles. The first-order valence-corrected chi connectivity index (χ1v) is 8.61. The smallest absolute Gasteiger partial charge is 0.165 e. The molecule has 1 aliphatic carbocycles. The molecular weight excluding hydrogens is 332 g/mol. The van der Waals surface area contributed by atoms with E-state index in [0.29, 0.717) is 17.0 Å². The van der Waals surface area contributed by atoms with Gasteiger partial charge in [0.25, 0.3) is 0 Å². The normalized spacial score (nSPS) is 27.3. The van der Waals surface area contributed by atoms with E-state index in [1.165, 1.54) is 6.33 Å². The highest BCUT2D eigenvalue weighted by molar-refractivity contribution is 6.03. The predicted molar refractivity (Wildman–Crippen MR) is 95.3 cm³/mol. The summed E-state index contributed by atoms with van der Waals surface area (Å²) in [5.41, 5.74) is 9.15. The average molecular weight is 350 g/mol. The lowest BCUT2D eigenvalue weighted by Crippen LogP contribution is -2.28. The lowest BCUT2D eigenvalue weighted by atomic mass is 9.90. The monoisotopic (exact) mass is 350 g/mol. The second-order valence-electron chi connectivity index (χ2n) is 6.77. The molecule has 0 saturated heterocycles. The molecule has 1 aromatic carbocycles. The van der Waals surface area contributed by atoms with Crippen molar-refractivity contribution in [3.63, 3.8) is 0 Å². The lowest BCUT2D eigenvalue weighted by Gasteiger charge is -2.20. The Bertz CT molecular complexity index is 986. The van der Waals surface area contributed by atoms with Gasteiger partial charge in [-0.25, -0.2) is 15.0 Å². The molecule has 3 N–H and O–H groups in total. The van der Waals surface area contributed by atoms with Gasteiger partial charge in [-0.3, -0.25) is 0 Å². The van der Waals surface area contributed by atoms with Crippen LogP contribution in [0, 0.1) is 11.8 Å². The van der Waals surface area contributed by atoms with Crippen molar-refractivity contribution >= 4 is 22.7 Å². The molecule has 5 rings (SSSR count). The van der Waals surface area contributed by atoms with Crippen molar-refractivity contribution in [3.8, 4) is 0 Å². The maximum Gasteiger partial charge on any atom is 0.165 e. The molecule has 8 nitrogen and oxygen atoms in total. The summed E-state index contributed by atoms with van der Waals surface area (Å²) in [7, 11) is 0. The van der Waals surface area contributed by atoms with Gasteiger partial charge in [-0.15, -0.1) is 0 Å². The third kappa shape index (κ3) is 2.12. The van der Waals surface area contributed by atoms with Crippen molar-refractivity contribution in [2.75, 3.05) is 12.3 Å². The van der Waals surface area contributed by atoms with Gasteiger partial charge in [-0.05, 0) is 12.0 Å². The molecule has 0 radical (unpaired) electrons. The van der Waals surface area contributed by atoms with Crippen LogP contribution in [0.4, 0.5) is 5.82 Å². The van der Waals surface area contributed by atoms with Gasteiger partial charge in [0.15, 0.2) is 11.5 Å². The van der Waals surface area contributed by atoms with E-state index >= 15 is 0 Å². The number of aliphatic hydroxyl groups is 1. The average Bonchev–Trinajstić information content (AvgIpc) is 3.36. The van der Waals surface area contributed by atoms with E-state index < -0.39 is 0 Å². The molecule has 1 fully saturated rings. The molecule has 0 unspecified atom stereocenters. The molecular formula is C18H18N6O2. The van der Waals surface area contributed by atoms with Crippen LogP contribution in [-0.4, -0.2) is 43.0 Å². The van der Waals surface area contributed by atoms with E-state index in [9.17, 15) is 5.11 Å². The van der Waals surface area contributed by atoms with E-state index in [2.05, 4.69) is 20.1 Å². The number of oxime groups is 1. The fourth-order valence-corrected chi connectivity index (χ4v) is 4.20. The van der Waals surface area contributed by atoms with Crippen molar-refractivity contribution in [2.45, 2.75) is 18.6 Å². The number of nitrogens with zero attached hydrogens (tertiary/aromatic N) is 5. The fraction of sp³-hybridized carbons (Fsp3) is 0.333. The van der Waals surface area contributed by atoms with E-state index in [-0.39, 0.29) is 30.6 Å². The SMILES string of the molecule is Nc1ncnc2c1ncn2[C@@H]1C[C@H](CO)[C@H]2ON=C(c3ccccc3)[C@H]21. The Hall–Kier alpha value is -3.00. The van der Waals surface area contributed by atoms with Gasteiger partial charge >= 0.3 is 0 Å². The second kappa shape index (κ2) is 5.77. The standard InChI is InChI=1S/C18H18N6O2/c19-17-15-18(21-8-20-17)24(9-22-15)12-6-11(7-25)16-13(12)14(23-26-16)10-4-2-1-3-5-10/h1-5,8-9,11-13,16,25H,6-7H2,(H2,19,20,21)/t11-,12-,13-,16-/m1/s1. The summed E-state index contributed by atoms with van der Waals surface area (Å²) in [6.45, 7) is 0.0546. The topological polar surface area (TPSA) is 111 Å². The minimum absolute atomic E-state index is 0.00611. The van der Waals surface area contributed by atoms with Crippen LogP contribution in [0.3, 0.4) is 0 Å². The van der Waals surface area contributed by atoms with Crippen LogP contribution < -0.4 is 5.73 Å². The largest absolute Gasteiger partial charge is 0.396 e. The molecule has 1 saturated carbocycles. The van der Waals surface area contributed by atoms with Crippen molar-refractivity contribution in [2.24, 2.45) is 17.0 Å². The molecule has 8 heteroatoms. The van der Waals surface area contributed by atoms with E-state index in [1.807, 2.05) is 34.9 Å². The number of fused-ring (bicyclic) bond motifs is 2. The Morgan fingerprint density at radius 3 is 2.85 bits per heavy atom. The van der Waals surface area contributed by atoms with Crippen LogP contribution in [-0.2, 0) is 4.84 Å². The van der Waals surface area contributed by atoms with Crippen LogP contribution in [0.2, 0.25) is 0 Å². The number of hydrogen-bond donors (Lipinski definition) is 2. The molecule has 132 valence electrons. The van der Waals surface area contributed by atoms with Crippen LogP contribution in [0.5, 0.6) is 0 Å². The number of anilines is 1. The number of rotatable bonds is 3.